The summed E-state index contributed by atoms with van der Waals surface area (Å²) in [7, 11) is 0. The number of aromatic nitrogens is 2. The van der Waals surface area contributed by atoms with Crippen molar-refractivity contribution in [3.63, 3.8) is 0 Å². The van der Waals surface area contributed by atoms with E-state index in [1.165, 1.54) is 53.7 Å². The van der Waals surface area contributed by atoms with Crippen LogP contribution in [0.1, 0.15) is 55.9 Å². The Kier molecular flexibility index (Phi) is 19.1. The van der Waals surface area contributed by atoms with Crippen LogP contribution in [0.25, 0.3) is 22.4 Å². The van der Waals surface area contributed by atoms with Crippen molar-refractivity contribution in [1.82, 2.24) is 25.4 Å². The Labute approximate surface area is 447 Å². The number of amides is 5. The molecular formula is C51H49F9N8O12. The minimum absolute atomic E-state index is 0.00561. The first-order valence-corrected chi connectivity index (χ1v) is 23.9. The molecule has 428 valence electrons. The van der Waals surface area contributed by atoms with Gasteiger partial charge in [0.15, 0.2) is 0 Å². The number of aromatic amines is 1. The van der Waals surface area contributed by atoms with Gasteiger partial charge in [-0.05, 0) is 78.2 Å². The maximum Gasteiger partial charge on any atom is 0.432 e. The van der Waals surface area contributed by atoms with E-state index in [1.54, 1.807) is 5.10 Å². The first kappa shape index (κ1) is 59.4. The third-order valence-electron chi connectivity index (χ3n) is 11.8. The lowest BCUT2D eigenvalue weighted by Gasteiger charge is -2.27. The summed E-state index contributed by atoms with van der Waals surface area (Å²) >= 11 is 0. The molecule has 2 aliphatic heterocycles. The Balaban J connectivity index is 0.772. The number of nitrogens with zero attached hydrogens (tertiary/aromatic N) is 3. The van der Waals surface area contributed by atoms with Crippen LogP contribution in [0.15, 0.2) is 90.8 Å². The molecule has 0 saturated carbocycles. The maximum atomic E-state index is 13.8. The zero-order valence-electron chi connectivity index (χ0n) is 41.7. The number of benzene rings is 4. The number of imide groups is 2. The highest BCUT2D eigenvalue weighted by atomic mass is 19.4. The molecule has 0 aliphatic carbocycles. The SMILES string of the molecule is N/C(=C\N(N)CCOCCOCCOCCOCC(=O)Nc1ccc(COc2ccc(-c3cc(C(F)(F)F)[nH]n3)c(O)c2-c2cc(C(F)(F)F)cc(C(F)(F)F)c2)cc1)COc1cccc2c1C(=O)N(C1CCC(=O)NC1=O)C2=O. The number of nitrogens with one attached hydrogen (secondary N) is 3. The largest absolute Gasteiger partial charge is 0.506 e. The van der Waals surface area contributed by atoms with Crippen molar-refractivity contribution in [3.8, 4) is 39.6 Å². The molecule has 29 heteroatoms. The minimum Gasteiger partial charge on any atom is -0.506 e. The highest BCUT2D eigenvalue weighted by Gasteiger charge is 2.46. The molecule has 2 aliphatic rings. The van der Waals surface area contributed by atoms with Gasteiger partial charge in [0, 0.05) is 23.9 Å². The van der Waals surface area contributed by atoms with Gasteiger partial charge in [0.1, 0.15) is 48.8 Å². The fraction of sp³-hybridized carbons (Fsp3) is 0.333. The molecule has 80 heavy (non-hydrogen) atoms. The highest BCUT2D eigenvalue weighted by molar-refractivity contribution is 6.24. The monoisotopic (exact) mass is 1140 g/mol. The lowest BCUT2D eigenvalue weighted by atomic mass is 9.95. The van der Waals surface area contributed by atoms with E-state index in [-0.39, 0.29) is 114 Å². The van der Waals surface area contributed by atoms with Crippen molar-refractivity contribution in [2.75, 3.05) is 71.3 Å². The number of phenolic OH excluding ortho intramolecular Hbond substituents is 1. The third kappa shape index (κ3) is 15.3. The molecule has 1 aromatic heterocycles. The summed E-state index contributed by atoms with van der Waals surface area (Å²) in [5.41, 5.74) is -0.317. The lowest BCUT2D eigenvalue weighted by Crippen LogP contribution is -2.54. The van der Waals surface area contributed by atoms with Crippen LogP contribution in [0.5, 0.6) is 17.2 Å². The molecule has 3 heterocycles. The molecule has 1 fully saturated rings. The Bertz CT molecular complexity index is 3060. The number of aromatic hydroxyl groups is 1. The lowest BCUT2D eigenvalue weighted by molar-refractivity contribution is -0.143. The number of piperidine rings is 1. The number of ether oxygens (including phenoxy) is 6. The number of hydrazine groups is 1. The zero-order chi connectivity index (χ0) is 57.9. The molecule has 20 nitrogen and oxygen atoms in total. The van der Waals surface area contributed by atoms with Gasteiger partial charge >= 0.3 is 18.5 Å². The highest BCUT2D eigenvalue weighted by Crippen LogP contribution is 2.48. The number of nitrogens with two attached hydrogens (primary N) is 2. The van der Waals surface area contributed by atoms with Crippen LogP contribution in [0.2, 0.25) is 0 Å². The Morgan fingerprint density at radius 2 is 1.36 bits per heavy atom. The third-order valence-corrected chi connectivity index (χ3v) is 11.8. The average molecular weight is 1140 g/mol. The standard InChI is InChI=1S/C51H49F9N8O12/c52-49(53,54)30-20-29(21-31(22-30)50(55,56)57)43-39(10-8-34(45(43)71)36-23-40(66-65-36)51(58,59)60)79-25-28-4-6-33(7-5-28)63-42(70)27-78-19-18-77-17-16-76-15-14-75-13-12-67(62)24-32(61)26-80-38-3-1-2-35-44(38)48(74)68(47(35)73)37-9-11-41(69)64-46(37)72/h1-8,10,20-24,37,71H,9,11-19,25-27,61-62H2,(H,63,70)(H,65,66)(H,64,69,72)/b32-24-. The quantitative estimate of drug-likeness (QED) is 0.0119. The van der Waals surface area contributed by atoms with E-state index in [9.17, 15) is 68.6 Å². The van der Waals surface area contributed by atoms with Gasteiger partial charge in [0.05, 0.1) is 92.0 Å². The fourth-order valence-electron chi connectivity index (χ4n) is 8.00. The first-order valence-electron chi connectivity index (χ1n) is 23.9. The van der Waals surface area contributed by atoms with Crippen molar-refractivity contribution in [3.05, 3.63) is 124 Å². The predicted molar refractivity (Wildman–Crippen MR) is 261 cm³/mol. The summed E-state index contributed by atoms with van der Waals surface area (Å²) < 4.78 is 156. The van der Waals surface area contributed by atoms with Gasteiger partial charge in [0.25, 0.3) is 11.8 Å². The van der Waals surface area contributed by atoms with Gasteiger partial charge < -0.3 is 49.6 Å². The van der Waals surface area contributed by atoms with Gasteiger partial charge in [-0.1, -0.05) is 18.2 Å². The van der Waals surface area contributed by atoms with Crippen LogP contribution in [0.4, 0.5) is 45.2 Å². The summed E-state index contributed by atoms with van der Waals surface area (Å²) in [6, 6.07) is 12.3. The van der Waals surface area contributed by atoms with Gasteiger partial charge in [-0.15, -0.1) is 0 Å². The van der Waals surface area contributed by atoms with E-state index >= 15 is 0 Å². The second-order valence-electron chi connectivity index (χ2n) is 17.6. The number of halogens is 9. The van der Waals surface area contributed by atoms with Crippen LogP contribution in [-0.2, 0) is 58.5 Å². The molecule has 0 radical (unpaired) electrons. The first-order chi connectivity index (χ1) is 37.9. The average Bonchev–Trinajstić information content (AvgIpc) is 4.08. The molecule has 0 spiro atoms. The smallest absolute Gasteiger partial charge is 0.432 e. The fourth-order valence-corrected chi connectivity index (χ4v) is 8.00. The minimum atomic E-state index is -5.28. The van der Waals surface area contributed by atoms with Crippen molar-refractivity contribution in [1.29, 1.82) is 0 Å². The number of fused-ring (bicyclic) bond motifs is 1. The number of H-pyrrole nitrogens is 1. The van der Waals surface area contributed by atoms with Gasteiger partial charge in [-0.3, -0.25) is 39.3 Å². The van der Waals surface area contributed by atoms with E-state index in [0.717, 1.165) is 17.0 Å². The Hall–Kier alpha value is -8.25. The summed E-state index contributed by atoms with van der Waals surface area (Å²) in [5, 5.41) is 22.5. The number of rotatable bonds is 25. The van der Waals surface area contributed by atoms with E-state index in [2.05, 4.69) is 15.7 Å². The number of hydrogen-bond acceptors (Lipinski definition) is 16. The molecule has 8 N–H and O–H groups in total. The number of alkyl halides is 9. The van der Waals surface area contributed by atoms with Crippen LogP contribution < -0.4 is 31.7 Å². The van der Waals surface area contributed by atoms with Gasteiger partial charge in [0.2, 0.25) is 17.7 Å². The number of hydrogen-bond donors (Lipinski definition) is 6. The van der Waals surface area contributed by atoms with E-state index in [4.69, 9.17) is 40.0 Å². The molecule has 5 aromatic rings. The molecule has 1 saturated heterocycles. The van der Waals surface area contributed by atoms with Crippen molar-refractivity contribution in [2.45, 2.75) is 44.0 Å². The second-order valence-corrected chi connectivity index (χ2v) is 17.6. The normalized spacial score (nSPS) is 15.1. The summed E-state index contributed by atoms with van der Waals surface area (Å²) in [6.45, 7) is 0.582. The molecule has 0 bridgehead atoms. The number of carbonyl (C=O) groups is 5. The van der Waals surface area contributed by atoms with Crippen LogP contribution in [-0.4, -0.2) is 127 Å². The summed E-state index contributed by atoms with van der Waals surface area (Å²) in [5.74, 6) is 1.46. The van der Waals surface area contributed by atoms with Crippen molar-refractivity contribution >= 4 is 35.2 Å². The molecule has 5 amide bonds. The topological polar surface area (TPSA) is 272 Å². The molecule has 7 rings (SSSR count). The number of carbonyl (C=O) groups excluding carboxylic acids is 5. The van der Waals surface area contributed by atoms with Gasteiger partial charge in [-0.25, -0.2) is 5.84 Å². The maximum absolute atomic E-state index is 13.8. The summed E-state index contributed by atoms with van der Waals surface area (Å²) in [4.78, 5) is 63.6. The molecule has 1 unspecified atom stereocenters. The number of anilines is 1. The van der Waals surface area contributed by atoms with Crippen molar-refractivity contribution < 1.29 is 97.0 Å². The van der Waals surface area contributed by atoms with Crippen LogP contribution in [0, 0.1) is 0 Å². The van der Waals surface area contributed by atoms with E-state index in [1.807, 2.05) is 0 Å². The van der Waals surface area contributed by atoms with E-state index < -0.39 is 105 Å². The summed E-state index contributed by atoms with van der Waals surface area (Å²) in [6.07, 6.45) is -14.1. The second kappa shape index (κ2) is 25.7. The Morgan fingerprint density at radius 1 is 0.738 bits per heavy atom. The predicted octanol–water partition coefficient (Wildman–Crippen LogP) is 6.55. The number of phenols is 1. The van der Waals surface area contributed by atoms with Crippen molar-refractivity contribution in [2.24, 2.45) is 11.6 Å². The zero-order valence-corrected chi connectivity index (χ0v) is 41.7. The molecule has 4 aromatic carbocycles. The van der Waals surface area contributed by atoms with E-state index in [0.29, 0.717) is 29.4 Å². The van der Waals surface area contributed by atoms with Gasteiger partial charge in [-0.2, -0.15) is 44.6 Å². The molecule has 1 atom stereocenters. The molecular weight excluding hydrogens is 1090 g/mol. The van der Waals surface area contributed by atoms with Crippen LogP contribution in [0.3, 0.4) is 0 Å². The Morgan fingerprint density at radius 3 is 1.98 bits per heavy atom. The van der Waals surface area contributed by atoms with Crippen LogP contribution >= 0.6 is 0 Å².